The number of rotatable bonds is 1. The second-order valence-corrected chi connectivity index (χ2v) is 5.84. The molecule has 1 aromatic carbocycles. The highest BCUT2D eigenvalue weighted by Crippen LogP contribution is 2.53. The number of benzene rings is 1. The molecule has 2 rings (SSSR count). The standard InChI is InChI=1S/C14H17F3O3/c1-12(2)7-13(19,14(15,16)17)11(18)9-6-8(20-3)4-5-10(9)12/h4-6,11,18-19H,7H2,1-3H3. The lowest BCUT2D eigenvalue weighted by molar-refractivity contribution is -0.302. The van der Waals surface area contributed by atoms with Gasteiger partial charge in [0, 0.05) is 0 Å². The van der Waals surface area contributed by atoms with Crippen LogP contribution in [0.25, 0.3) is 0 Å². The molecule has 112 valence electrons. The van der Waals surface area contributed by atoms with Crippen molar-refractivity contribution in [3.8, 4) is 5.75 Å². The molecule has 0 saturated heterocycles. The predicted molar refractivity (Wildman–Crippen MR) is 66.6 cm³/mol. The van der Waals surface area contributed by atoms with Crippen molar-refractivity contribution in [3.63, 3.8) is 0 Å². The lowest BCUT2D eigenvalue weighted by atomic mass is 9.64. The second kappa shape index (κ2) is 4.36. The van der Waals surface area contributed by atoms with Gasteiger partial charge in [-0.25, -0.2) is 0 Å². The summed E-state index contributed by atoms with van der Waals surface area (Å²) in [6, 6.07) is 4.61. The molecule has 2 atom stereocenters. The van der Waals surface area contributed by atoms with Crippen molar-refractivity contribution in [2.24, 2.45) is 0 Å². The van der Waals surface area contributed by atoms with Gasteiger partial charge in [0.2, 0.25) is 0 Å². The van der Waals surface area contributed by atoms with Gasteiger partial charge in [0.05, 0.1) is 7.11 Å². The fraction of sp³-hybridized carbons (Fsp3) is 0.571. The maximum atomic E-state index is 13.2. The Labute approximate surface area is 115 Å². The Morgan fingerprint density at radius 2 is 1.90 bits per heavy atom. The van der Waals surface area contributed by atoms with E-state index < -0.39 is 29.7 Å². The molecule has 0 aromatic heterocycles. The number of aliphatic hydroxyl groups excluding tert-OH is 1. The van der Waals surface area contributed by atoms with E-state index in [0.29, 0.717) is 11.3 Å². The molecule has 0 fully saturated rings. The second-order valence-electron chi connectivity index (χ2n) is 5.84. The fourth-order valence-corrected chi connectivity index (χ4v) is 2.89. The summed E-state index contributed by atoms with van der Waals surface area (Å²) in [7, 11) is 1.39. The molecule has 0 heterocycles. The summed E-state index contributed by atoms with van der Waals surface area (Å²) in [6.45, 7) is 3.22. The van der Waals surface area contributed by atoms with Gasteiger partial charge in [-0.2, -0.15) is 13.2 Å². The van der Waals surface area contributed by atoms with Crippen molar-refractivity contribution in [3.05, 3.63) is 29.3 Å². The van der Waals surface area contributed by atoms with Crippen molar-refractivity contribution < 1.29 is 28.1 Å². The first-order valence-electron chi connectivity index (χ1n) is 6.18. The Balaban J connectivity index is 2.64. The highest BCUT2D eigenvalue weighted by Gasteiger charge is 2.63. The average molecular weight is 290 g/mol. The van der Waals surface area contributed by atoms with Crippen LogP contribution >= 0.6 is 0 Å². The lowest BCUT2D eigenvalue weighted by Gasteiger charge is -2.46. The van der Waals surface area contributed by atoms with Gasteiger partial charge in [0.1, 0.15) is 11.9 Å². The maximum absolute atomic E-state index is 13.2. The monoisotopic (exact) mass is 290 g/mol. The topological polar surface area (TPSA) is 49.7 Å². The van der Waals surface area contributed by atoms with E-state index in [1.54, 1.807) is 26.0 Å². The highest BCUT2D eigenvalue weighted by atomic mass is 19.4. The van der Waals surface area contributed by atoms with Gasteiger partial charge in [-0.15, -0.1) is 0 Å². The number of aliphatic hydroxyl groups is 2. The van der Waals surface area contributed by atoms with Crippen LogP contribution in [0.1, 0.15) is 37.5 Å². The number of ether oxygens (including phenoxy) is 1. The number of methoxy groups -OCH3 is 1. The molecule has 0 spiro atoms. The van der Waals surface area contributed by atoms with Crippen molar-refractivity contribution in [2.75, 3.05) is 7.11 Å². The molecule has 0 amide bonds. The zero-order valence-electron chi connectivity index (χ0n) is 11.5. The number of halogens is 3. The molecule has 0 bridgehead atoms. The first-order valence-corrected chi connectivity index (χ1v) is 6.18. The third-order valence-corrected chi connectivity index (χ3v) is 3.94. The molecular weight excluding hydrogens is 273 g/mol. The zero-order chi connectivity index (χ0) is 15.3. The molecule has 0 radical (unpaired) electrons. The number of fused-ring (bicyclic) bond motifs is 1. The Morgan fingerprint density at radius 1 is 1.30 bits per heavy atom. The van der Waals surface area contributed by atoms with Crippen LogP contribution in [0.15, 0.2) is 18.2 Å². The van der Waals surface area contributed by atoms with E-state index in [1.807, 2.05) is 0 Å². The summed E-state index contributed by atoms with van der Waals surface area (Å²) in [5.74, 6) is 0.338. The van der Waals surface area contributed by atoms with E-state index in [0.717, 1.165) is 0 Å². The summed E-state index contributed by atoms with van der Waals surface area (Å²) < 4.78 is 44.4. The quantitative estimate of drug-likeness (QED) is 0.836. The van der Waals surface area contributed by atoms with Gasteiger partial charge in [-0.05, 0) is 35.1 Å². The van der Waals surface area contributed by atoms with Crippen LogP contribution in [0.5, 0.6) is 5.75 Å². The van der Waals surface area contributed by atoms with Gasteiger partial charge < -0.3 is 14.9 Å². The largest absolute Gasteiger partial charge is 0.497 e. The van der Waals surface area contributed by atoms with Crippen LogP contribution in [0.4, 0.5) is 13.2 Å². The van der Waals surface area contributed by atoms with E-state index in [-0.39, 0.29) is 5.56 Å². The van der Waals surface area contributed by atoms with Crippen molar-refractivity contribution >= 4 is 0 Å². The first-order chi connectivity index (χ1) is 9.03. The van der Waals surface area contributed by atoms with Crippen LogP contribution in [0, 0.1) is 0 Å². The van der Waals surface area contributed by atoms with Gasteiger partial charge in [0.25, 0.3) is 0 Å². The van der Waals surface area contributed by atoms with E-state index in [4.69, 9.17) is 4.74 Å². The smallest absolute Gasteiger partial charge is 0.420 e. The van der Waals surface area contributed by atoms with Crippen LogP contribution in [-0.2, 0) is 5.41 Å². The molecular formula is C14H17F3O3. The van der Waals surface area contributed by atoms with Gasteiger partial charge >= 0.3 is 6.18 Å². The molecule has 1 aliphatic rings. The lowest BCUT2D eigenvalue weighted by Crippen LogP contribution is -2.56. The molecule has 0 aliphatic heterocycles. The van der Waals surface area contributed by atoms with Gasteiger partial charge in [-0.1, -0.05) is 19.9 Å². The molecule has 20 heavy (non-hydrogen) atoms. The summed E-state index contributed by atoms with van der Waals surface area (Å²) in [6.07, 6.45) is -7.53. The molecule has 3 nitrogen and oxygen atoms in total. The number of hydrogen-bond donors (Lipinski definition) is 2. The summed E-state index contributed by atoms with van der Waals surface area (Å²) in [5.41, 5.74) is -3.43. The molecule has 0 saturated carbocycles. The van der Waals surface area contributed by atoms with Gasteiger partial charge in [-0.3, -0.25) is 0 Å². The predicted octanol–water partition coefficient (Wildman–Crippen LogP) is 2.70. The third kappa shape index (κ3) is 2.07. The Morgan fingerprint density at radius 3 is 2.40 bits per heavy atom. The summed E-state index contributed by atoms with van der Waals surface area (Å²) in [5, 5.41) is 20.0. The normalized spacial score (nSPS) is 28.9. The van der Waals surface area contributed by atoms with Crippen LogP contribution in [0.3, 0.4) is 0 Å². The van der Waals surface area contributed by atoms with Crippen molar-refractivity contribution in [1.82, 2.24) is 0 Å². The van der Waals surface area contributed by atoms with E-state index in [1.165, 1.54) is 13.2 Å². The number of hydrogen-bond acceptors (Lipinski definition) is 3. The molecule has 6 heteroatoms. The fourth-order valence-electron chi connectivity index (χ4n) is 2.89. The Hall–Kier alpha value is -1.27. The maximum Gasteiger partial charge on any atom is 0.420 e. The molecule has 2 N–H and O–H groups in total. The van der Waals surface area contributed by atoms with Gasteiger partial charge in [0.15, 0.2) is 5.60 Å². The Kier molecular flexibility index (Phi) is 3.30. The van der Waals surface area contributed by atoms with E-state index in [9.17, 15) is 23.4 Å². The molecule has 1 aromatic rings. The average Bonchev–Trinajstić information content (AvgIpc) is 2.33. The Bertz CT molecular complexity index is 525. The number of alkyl halides is 3. The summed E-state index contributed by atoms with van der Waals surface area (Å²) >= 11 is 0. The van der Waals surface area contributed by atoms with Crippen LogP contribution in [0.2, 0.25) is 0 Å². The van der Waals surface area contributed by atoms with E-state index in [2.05, 4.69) is 0 Å². The zero-order valence-corrected chi connectivity index (χ0v) is 11.5. The van der Waals surface area contributed by atoms with Crippen LogP contribution < -0.4 is 4.74 Å². The molecule has 2 unspecified atom stereocenters. The minimum absolute atomic E-state index is 0.0559. The SMILES string of the molecule is COc1ccc2c(c1)C(O)C(O)(C(F)(F)F)CC2(C)C. The minimum Gasteiger partial charge on any atom is -0.497 e. The van der Waals surface area contributed by atoms with E-state index >= 15 is 0 Å². The first kappa shape index (κ1) is 15.1. The van der Waals surface area contributed by atoms with Crippen molar-refractivity contribution in [2.45, 2.75) is 43.6 Å². The summed E-state index contributed by atoms with van der Waals surface area (Å²) in [4.78, 5) is 0. The van der Waals surface area contributed by atoms with Crippen LogP contribution in [-0.4, -0.2) is 29.1 Å². The third-order valence-electron chi connectivity index (χ3n) is 3.94. The molecule has 1 aliphatic carbocycles. The minimum atomic E-state index is -4.91. The highest BCUT2D eigenvalue weighted by molar-refractivity contribution is 5.45. The van der Waals surface area contributed by atoms with Crippen molar-refractivity contribution in [1.29, 1.82) is 0 Å².